The Bertz CT molecular complexity index is 1000. The summed E-state index contributed by atoms with van der Waals surface area (Å²) in [5, 5.41) is 3.46. The van der Waals surface area contributed by atoms with E-state index in [0.29, 0.717) is 35.3 Å². The number of amides is 3. The van der Waals surface area contributed by atoms with Crippen molar-refractivity contribution in [2.75, 3.05) is 18.0 Å². The highest BCUT2D eigenvalue weighted by Crippen LogP contribution is 2.32. The second-order valence-corrected chi connectivity index (χ2v) is 8.72. The average molecular weight is 428 g/mol. The van der Waals surface area contributed by atoms with Crippen LogP contribution in [0.25, 0.3) is 0 Å². The second-order valence-electron chi connectivity index (χ2n) is 6.78. The minimum Gasteiger partial charge on any atom is -0.346 e. The molecule has 3 heterocycles. The molecule has 1 N–H and O–H groups in total. The van der Waals surface area contributed by atoms with Crippen molar-refractivity contribution in [3.63, 3.8) is 0 Å². The van der Waals surface area contributed by atoms with Crippen molar-refractivity contribution in [3.05, 3.63) is 63.1 Å². The number of aromatic nitrogens is 2. The summed E-state index contributed by atoms with van der Waals surface area (Å²) in [4.78, 5) is 39.1. The topological polar surface area (TPSA) is 78.4 Å². The van der Waals surface area contributed by atoms with Gasteiger partial charge >= 0.3 is 6.03 Å². The number of urea groups is 1. The molecule has 1 atom stereocenters. The van der Waals surface area contributed by atoms with Gasteiger partial charge in [-0.1, -0.05) is 41.7 Å². The minimum atomic E-state index is -0.180. The van der Waals surface area contributed by atoms with Gasteiger partial charge in [-0.05, 0) is 19.4 Å². The van der Waals surface area contributed by atoms with Crippen LogP contribution in [-0.2, 0) is 6.54 Å². The molecule has 0 bridgehead atoms. The van der Waals surface area contributed by atoms with Crippen LogP contribution in [-0.4, -0.2) is 39.9 Å². The van der Waals surface area contributed by atoms with E-state index in [2.05, 4.69) is 15.3 Å². The van der Waals surface area contributed by atoms with Crippen molar-refractivity contribution in [2.45, 2.75) is 26.4 Å². The third kappa shape index (κ3) is 4.01. The molecule has 0 spiro atoms. The van der Waals surface area contributed by atoms with E-state index in [4.69, 9.17) is 0 Å². The molecule has 3 amide bonds. The number of hydrogen-bond acceptors (Lipinski definition) is 6. The number of rotatable bonds is 6. The van der Waals surface area contributed by atoms with Gasteiger partial charge in [0.05, 0.1) is 23.8 Å². The lowest BCUT2D eigenvalue weighted by Crippen LogP contribution is -2.33. The standard InChI is InChI=1S/C20H21N5O2S2/c1-13-17(18(26)22-11-16-10-21-12-28-16)29-19(23-13)25-9-8-24(20(25)27)14(2)15-6-4-3-5-7-15/h3-7,10,12,14H,8-9,11H2,1-2H3,(H,22,26). The zero-order chi connectivity index (χ0) is 20.4. The quantitative estimate of drug-likeness (QED) is 0.648. The van der Waals surface area contributed by atoms with Gasteiger partial charge in [-0.2, -0.15) is 0 Å². The number of carbonyl (C=O) groups excluding carboxylic acids is 2. The monoisotopic (exact) mass is 427 g/mol. The Kier molecular flexibility index (Phi) is 5.59. The number of nitrogens with zero attached hydrogens (tertiary/aromatic N) is 4. The van der Waals surface area contributed by atoms with Gasteiger partial charge in [-0.3, -0.25) is 14.7 Å². The number of anilines is 1. The van der Waals surface area contributed by atoms with Gasteiger partial charge in [0.15, 0.2) is 5.13 Å². The van der Waals surface area contributed by atoms with E-state index >= 15 is 0 Å². The highest BCUT2D eigenvalue weighted by atomic mass is 32.1. The first kappa shape index (κ1) is 19.5. The summed E-state index contributed by atoms with van der Waals surface area (Å²) >= 11 is 2.75. The molecule has 3 aromatic rings. The van der Waals surface area contributed by atoms with Gasteiger partial charge in [0.1, 0.15) is 4.88 Å². The van der Waals surface area contributed by atoms with Crippen molar-refractivity contribution < 1.29 is 9.59 Å². The predicted molar refractivity (Wildman–Crippen MR) is 114 cm³/mol. The molecule has 2 aromatic heterocycles. The molecule has 9 heteroatoms. The molecule has 1 unspecified atom stereocenters. The molecular formula is C20H21N5O2S2. The van der Waals surface area contributed by atoms with Crippen molar-refractivity contribution in [3.8, 4) is 0 Å². The summed E-state index contributed by atoms with van der Waals surface area (Å²) in [5.74, 6) is -0.180. The zero-order valence-corrected chi connectivity index (χ0v) is 17.8. The van der Waals surface area contributed by atoms with Gasteiger partial charge < -0.3 is 10.2 Å². The maximum absolute atomic E-state index is 13.0. The number of benzene rings is 1. The van der Waals surface area contributed by atoms with Crippen LogP contribution in [0.2, 0.25) is 0 Å². The van der Waals surface area contributed by atoms with Gasteiger partial charge in [-0.25, -0.2) is 9.78 Å². The predicted octanol–water partition coefficient (Wildman–Crippen LogP) is 3.84. The number of aryl methyl sites for hydroxylation is 1. The normalized spacial score (nSPS) is 15.0. The average Bonchev–Trinajstić information content (AvgIpc) is 3.46. The van der Waals surface area contributed by atoms with E-state index in [9.17, 15) is 9.59 Å². The highest BCUT2D eigenvalue weighted by Gasteiger charge is 2.35. The molecule has 4 rings (SSSR count). The first-order valence-electron chi connectivity index (χ1n) is 9.30. The lowest BCUT2D eigenvalue weighted by Gasteiger charge is -2.24. The summed E-state index contributed by atoms with van der Waals surface area (Å²) in [5.41, 5.74) is 3.47. The van der Waals surface area contributed by atoms with Crippen LogP contribution in [0, 0.1) is 6.92 Å². The smallest absolute Gasteiger partial charge is 0.326 e. The summed E-state index contributed by atoms with van der Waals surface area (Å²) in [6.07, 6.45) is 1.74. The fourth-order valence-corrected chi connectivity index (χ4v) is 4.83. The SMILES string of the molecule is Cc1nc(N2CCN(C(C)c3ccccc3)C2=O)sc1C(=O)NCc1cncs1. The number of hydrogen-bond donors (Lipinski definition) is 1. The molecule has 1 aliphatic rings. The number of carbonyl (C=O) groups is 2. The van der Waals surface area contributed by atoms with Crippen molar-refractivity contribution >= 4 is 39.7 Å². The van der Waals surface area contributed by atoms with Gasteiger partial charge in [-0.15, -0.1) is 11.3 Å². The summed E-state index contributed by atoms with van der Waals surface area (Å²) in [6.45, 7) is 5.45. The molecule has 1 saturated heterocycles. The van der Waals surface area contributed by atoms with Crippen molar-refractivity contribution in [1.82, 2.24) is 20.2 Å². The van der Waals surface area contributed by atoms with E-state index in [1.165, 1.54) is 22.7 Å². The van der Waals surface area contributed by atoms with Crippen molar-refractivity contribution in [1.29, 1.82) is 0 Å². The summed E-state index contributed by atoms with van der Waals surface area (Å²) in [6, 6.07) is 9.88. The van der Waals surface area contributed by atoms with Crippen LogP contribution in [0.4, 0.5) is 9.93 Å². The van der Waals surface area contributed by atoms with Gasteiger partial charge in [0.25, 0.3) is 5.91 Å². The van der Waals surface area contributed by atoms with Crippen LogP contribution in [0.3, 0.4) is 0 Å². The van der Waals surface area contributed by atoms with Crippen LogP contribution in [0.1, 0.15) is 38.8 Å². The third-order valence-electron chi connectivity index (χ3n) is 4.92. The van der Waals surface area contributed by atoms with Crippen LogP contribution in [0.15, 0.2) is 42.0 Å². The summed E-state index contributed by atoms with van der Waals surface area (Å²) in [7, 11) is 0. The Morgan fingerprint density at radius 3 is 2.79 bits per heavy atom. The second kappa shape index (κ2) is 8.30. The van der Waals surface area contributed by atoms with Crippen molar-refractivity contribution in [2.24, 2.45) is 0 Å². The number of thiazole rings is 2. The molecule has 0 aliphatic carbocycles. The molecular weight excluding hydrogens is 406 g/mol. The van der Waals surface area contributed by atoms with Crippen LogP contribution in [0.5, 0.6) is 0 Å². The minimum absolute atomic E-state index is 0.0167. The lowest BCUT2D eigenvalue weighted by molar-refractivity contribution is 0.0954. The largest absolute Gasteiger partial charge is 0.346 e. The summed E-state index contributed by atoms with van der Waals surface area (Å²) < 4.78 is 0. The van der Waals surface area contributed by atoms with E-state index in [1.807, 2.05) is 42.2 Å². The Labute approximate surface area is 177 Å². The first-order chi connectivity index (χ1) is 14.0. The Hall–Kier alpha value is -2.78. The Morgan fingerprint density at radius 1 is 1.28 bits per heavy atom. The third-order valence-corrected chi connectivity index (χ3v) is 6.88. The van der Waals surface area contributed by atoms with E-state index in [0.717, 1.165) is 10.4 Å². The fraction of sp³-hybridized carbons (Fsp3) is 0.300. The Balaban J connectivity index is 1.46. The zero-order valence-electron chi connectivity index (χ0n) is 16.2. The molecule has 1 aliphatic heterocycles. The molecule has 29 heavy (non-hydrogen) atoms. The molecule has 150 valence electrons. The van der Waals surface area contributed by atoms with E-state index in [1.54, 1.807) is 23.5 Å². The maximum Gasteiger partial charge on any atom is 0.326 e. The first-order valence-corrected chi connectivity index (χ1v) is 11.0. The Morgan fingerprint density at radius 2 is 2.07 bits per heavy atom. The van der Waals surface area contributed by atoms with Gasteiger partial charge in [0.2, 0.25) is 0 Å². The molecule has 7 nitrogen and oxygen atoms in total. The van der Waals surface area contributed by atoms with Gasteiger partial charge in [0, 0.05) is 24.2 Å². The number of nitrogens with one attached hydrogen (secondary N) is 1. The maximum atomic E-state index is 13.0. The molecule has 0 radical (unpaired) electrons. The van der Waals surface area contributed by atoms with E-state index < -0.39 is 0 Å². The van der Waals surface area contributed by atoms with E-state index in [-0.39, 0.29) is 18.0 Å². The molecule has 1 fully saturated rings. The van der Waals surface area contributed by atoms with Crippen LogP contribution >= 0.6 is 22.7 Å². The highest BCUT2D eigenvalue weighted by molar-refractivity contribution is 7.17. The molecule has 0 saturated carbocycles. The van der Waals surface area contributed by atoms with Crippen LogP contribution < -0.4 is 10.2 Å². The lowest BCUT2D eigenvalue weighted by atomic mass is 10.1. The molecule has 1 aromatic carbocycles. The fourth-order valence-electron chi connectivity index (χ4n) is 3.29.